The summed E-state index contributed by atoms with van der Waals surface area (Å²) in [6.07, 6.45) is -0.186. The first-order chi connectivity index (χ1) is 10.7. The zero-order valence-electron chi connectivity index (χ0n) is 14.5. The third kappa shape index (κ3) is 7.24. The summed E-state index contributed by atoms with van der Waals surface area (Å²) < 4.78 is 25.5. The Kier molecular flexibility index (Phi) is 7.88. The van der Waals surface area contributed by atoms with Gasteiger partial charge < -0.3 is 9.47 Å². The van der Waals surface area contributed by atoms with E-state index in [1.165, 1.54) is 7.11 Å². The summed E-state index contributed by atoms with van der Waals surface area (Å²) in [6.45, 7) is 7.93. The maximum absolute atomic E-state index is 12.3. The van der Waals surface area contributed by atoms with Gasteiger partial charge in [0.15, 0.2) is 0 Å². The predicted octanol–water partition coefficient (Wildman–Crippen LogP) is 2.58. The molecule has 0 unspecified atom stereocenters. The molecular formula is C17H27NO4S. The number of hydrogen-bond acceptors (Lipinski definition) is 4. The van der Waals surface area contributed by atoms with Crippen molar-refractivity contribution < 1.29 is 18.5 Å². The van der Waals surface area contributed by atoms with Gasteiger partial charge in [-0.2, -0.15) is 0 Å². The molecule has 0 bridgehead atoms. The van der Waals surface area contributed by atoms with Crippen LogP contribution in [0.2, 0.25) is 0 Å². The number of carbonyl (C=O) groups excluding carboxylic acids is 1. The summed E-state index contributed by atoms with van der Waals surface area (Å²) in [7, 11) is 0.0506. The van der Waals surface area contributed by atoms with Crippen LogP contribution in [-0.2, 0) is 31.9 Å². The SMILES string of the molecule is COC(=O)C[C@@H](N[S@](=O)C(C)(C)C)[C@H](C)OCc1ccccc1. The van der Waals surface area contributed by atoms with Crippen LogP contribution in [0.4, 0.5) is 0 Å². The van der Waals surface area contributed by atoms with Crippen LogP contribution < -0.4 is 4.72 Å². The standard InChI is InChI=1S/C17H27NO4S/c1-13(22-12-14-9-7-6-8-10-14)15(11-16(19)21-5)18-23(20)17(2,3)4/h6-10,13,15,18H,11-12H2,1-5H3/t13-,15+,23+/m0/s1. The monoisotopic (exact) mass is 341 g/mol. The van der Waals surface area contributed by atoms with Crippen molar-refractivity contribution in [2.24, 2.45) is 0 Å². The van der Waals surface area contributed by atoms with Crippen molar-refractivity contribution in [1.29, 1.82) is 0 Å². The number of nitrogens with one attached hydrogen (secondary N) is 1. The zero-order chi connectivity index (χ0) is 17.5. The van der Waals surface area contributed by atoms with Gasteiger partial charge in [-0.05, 0) is 33.3 Å². The third-order valence-electron chi connectivity index (χ3n) is 3.35. The van der Waals surface area contributed by atoms with Crippen molar-refractivity contribution in [3.8, 4) is 0 Å². The molecule has 0 aromatic heterocycles. The van der Waals surface area contributed by atoms with Gasteiger partial charge >= 0.3 is 5.97 Å². The molecule has 0 spiro atoms. The first-order valence-corrected chi connectivity index (χ1v) is 8.79. The van der Waals surface area contributed by atoms with Crippen LogP contribution in [0.5, 0.6) is 0 Å². The zero-order valence-corrected chi connectivity index (χ0v) is 15.3. The van der Waals surface area contributed by atoms with Gasteiger partial charge in [0.1, 0.15) is 0 Å². The summed E-state index contributed by atoms with van der Waals surface area (Å²) in [5.74, 6) is -0.358. The highest BCUT2D eigenvalue weighted by Crippen LogP contribution is 2.14. The fourth-order valence-electron chi connectivity index (χ4n) is 1.80. The van der Waals surface area contributed by atoms with Gasteiger partial charge in [-0.15, -0.1) is 0 Å². The molecule has 0 fully saturated rings. The molecule has 23 heavy (non-hydrogen) atoms. The van der Waals surface area contributed by atoms with Gasteiger partial charge in [0.05, 0.1) is 48.0 Å². The van der Waals surface area contributed by atoms with Gasteiger partial charge in [0.25, 0.3) is 0 Å². The van der Waals surface area contributed by atoms with Crippen molar-refractivity contribution in [2.75, 3.05) is 7.11 Å². The summed E-state index contributed by atoms with van der Waals surface area (Å²) in [6, 6.07) is 9.41. The lowest BCUT2D eigenvalue weighted by molar-refractivity contribution is -0.142. The molecule has 0 aliphatic heterocycles. The van der Waals surface area contributed by atoms with E-state index in [1.807, 2.05) is 58.0 Å². The van der Waals surface area contributed by atoms with E-state index in [1.54, 1.807) is 0 Å². The maximum Gasteiger partial charge on any atom is 0.307 e. The van der Waals surface area contributed by atoms with E-state index in [-0.39, 0.29) is 24.5 Å². The van der Waals surface area contributed by atoms with Gasteiger partial charge in [-0.3, -0.25) is 4.79 Å². The Morgan fingerprint density at radius 1 is 1.26 bits per heavy atom. The first kappa shape index (κ1) is 19.8. The van der Waals surface area contributed by atoms with Crippen molar-refractivity contribution in [3.05, 3.63) is 35.9 Å². The van der Waals surface area contributed by atoms with Gasteiger partial charge in [-0.1, -0.05) is 30.3 Å². The minimum Gasteiger partial charge on any atom is -0.469 e. The van der Waals surface area contributed by atoms with Gasteiger partial charge in [-0.25, -0.2) is 8.93 Å². The van der Waals surface area contributed by atoms with Crippen LogP contribution in [0.1, 0.15) is 39.7 Å². The number of hydrogen-bond donors (Lipinski definition) is 1. The number of methoxy groups -OCH3 is 1. The molecule has 6 heteroatoms. The number of esters is 1. The normalized spacial score (nSPS) is 15.7. The number of carbonyl (C=O) groups is 1. The highest BCUT2D eigenvalue weighted by molar-refractivity contribution is 7.84. The van der Waals surface area contributed by atoms with E-state index >= 15 is 0 Å². The summed E-state index contributed by atoms with van der Waals surface area (Å²) in [5.41, 5.74) is 1.05. The average Bonchev–Trinajstić information content (AvgIpc) is 2.51. The molecule has 0 amide bonds. The molecule has 1 aromatic rings. The summed E-state index contributed by atoms with van der Waals surface area (Å²) in [4.78, 5) is 11.6. The van der Waals surface area contributed by atoms with Crippen molar-refractivity contribution in [2.45, 2.75) is 57.6 Å². The second-order valence-electron chi connectivity index (χ2n) is 6.39. The van der Waals surface area contributed by atoms with Crippen molar-refractivity contribution in [1.82, 2.24) is 4.72 Å². The minimum absolute atomic E-state index is 0.105. The van der Waals surface area contributed by atoms with Crippen molar-refractivity contribution in [3.63, 3.8) is 0 Å². The van der Waals surface area contributed by atoms with Crippen LogP contribution in [0.25, 0.3) is 0 Å². The molecule has 0 aliphatic carbocycles. The molecule has 1 aromatic carbocycles. The second kappa shape index (κ2) is 9.15. The molecule has 0 radical (unpaired) electrons. The molecule has 130 valence electrons. The van der Waals surface area contributed by atoms with E-state index in [0.29, 0.717) is 6.61 Å². The largest absolute Gasteiger partial charge is 0.469 e. The lowest BCUT2D eigenvalue weighted by Crippen LogP contribution is -2.46. The summed E-state index contributed by atoms with van der Waals surface area (Å²) in [5, 5.41) is 0. The summed E-state index contributed by atoms with van der Waals surface area (Å²) >= 11 is 0. The molecule has 0 heterocycles. The minimum atomic E-state index is -1.29. The van der Waals surface area contributed by atoms with E-state index in [2.05, 4.69) is 4.72 Å². The lowest BCUT2D eigenvalue weighted by atomic mass is 10.1. The van der Waals surface area contributed by atoms with E-state index in [0.717, 1.165) is 5.56 Å². The fourth-order valence-corrected chi connectivity index (χ4v) is 2.70. The maximum atomic E-state index is 12.3. The Balaban J connectivity index is 2.69. The van der Waals surface area contributed by atoms with E-state index in [4.69, 9.17) is 9.47 Å². The van der Waals surface area contributed by atoms with Gasteiger partial charge in [0.2, 0.25) is 0 Å². The highest BCUT2D eigenvalue weighted by Gasteiger charge is 2.28. The second-order valence-corrected chi connectivity index (χ2v) is 8.39. The molecule has 5 nitrogen and oxygen atoms in total. The van der Waals surface area contributed by atoms with Crippen LogP contribution in [-0.4, -0.2) is 34.2 Å². The highest BCUT2D eigenvalue weighted by atomic mass is 32.2. The Morgan fingerprint density at radius 2 is 1.87 bits per heavy atom. The molecular weight excluding hydrogens is 314 g/mol. The van der Waals surface area contributed by atoms with Crippen LogP contribution in [0.15, 0.2) is 30.3 Å². The molecule has 0 saturated carbocycles. The van der Waals surface area contributed by atoms with Crippen LogP contribution in [0.3, 0.4) is 0 Å². The molecule has 1 N–H and O–H groups in total. The number of rotatable bonds is 8. The lowest BCUT2D eigenvalue weighted by Gasteiger charge is -2.28. The molecule has 1 rings (SSSR count). The van der Waals surface area contributed by atoms with Crippen LogP contribution in [0, 0.1) is 0 Å². The Morgan fingerprint density at radius 3 is 2.39 bits per heavy atom. The molecule has 3 atom stereocenters. The topological polar surface area (TPSA) is 64.6 Å². The quantitative estimate of drug-likeness (QED) is 0.738. The molecule has 0 aliphatic rings. The van der Waals surface area contributed by atoms with Crippen LogP contribution >= 0.6 is 0 Å². The van der Waals surface area contributed by atoms with Crippen molar-refractivity contribution >= 4 is 17.0 Å². The number of benzene rings is 1. The third-order valence-corrected chi connectivity index (χ3v) is 4.98. The Hall–Kier alpha value is -1.24. The Bertz CT molecular complexity index is 513. The first-order valence-electron chi connectivity index (χ1n) is 7.64. The fraction of sp³-hybridized carbons (Fsp3) is 0.588. The average molecular weight is 341 g/mol. The van der Waals surface area contributed by atoms with E-state index in [9.17, 15) is 9.00 Å². The number of ether oxygens (including phenoxy) is 2. The predicted molar refractivity (Wildman–Crippen MR) is 92.1 cm³/mol. The Labute approximate surface area is 141 Å². The molecule has 0 saturated heterocycles. The smallest absolute Gasteiger partial charge is 0.307 e. The van der Waals surface area contributed by atoms with E-state index < -0.39 is 15.7 Å². The van der Waals surface area contributed by atoms with Gasteiger partial charge in [0, 0.05) is 0 Å².